The van der Waals surface area contributed by atoms with Crippen LogP contribution < -0.4 is 26.7 Å². The van der Waals surface area contributed by atoms with Crippen molar-refractivity contribution in [2.24, 2.45) is 0 Å². The van der Waals surface area contributed by atoms with Crippen LogP contribution >= 0.6 is 0 Å². The first-order valence-electron chi connectivity index (χ1n) is 4.55. The van der Waals surface area contributed by atoms with Crippen molar-refractivity contribution in [3.8, 4) is 0 Å². The van der Waals surface area contributed by atoms with Crippen molar-refractivity contribution >= 4 is 12.3 Å². The summed E-state index contributed by atoms with van der Waals surface area (Å²) in [7, 11) is 0. The molecule has 0 atom stereocenters. The standard InChI is InChI=1S/C10H10N4/c1-2-7-5-12-10-8(6-13-14-10)4-9(7)11-3-1/h1-5,12-14H,6H2. The summed E-state index contributed by atoms with van der Waals surface area (Å²) in [6.45, 7) is 0.826. The van der Waals surface area contributed by atoms with E-state index in [0.717, 1.165) is 22.9 Å². The van der Waals surface area contributed by atoms with Gasteiger partial charge < -0.3 is 10.7 Å². The highest BCUT2D eigenvalue weighted by Crippen LogP contribution is 2.04. The van der Waals surface area contributed by atoms with Gasteiger partial charge in [-0.1, -0.05) is 0 Å². The summed E-state index contributed by atoms with van der Waals surface area (Å²) in [4.78, 5) is 4.32. The number of rotatable bonds is 0. The molecule has 1 aromatic heterocycles. The lowest BCUT2D eigenvalue weighted by molar-refractivity contribution is 0.678. The van der Waals surface area contributed by atoms with Crippen molar-refractivity contribution in [2.45, 2.75) is 0 Å². The Labute approximate surface area is 81.0 Å². The number of aromatic nitrogens is 1. The van der Waals surface area contributed by atoms with Gasteiger partial charge in [0.2, 0.25) is 0 Å². The van der Waals surface area contributed by atoms with Crippen LogP contribution in [0.2, 0.25) is 0 Å². The van der Waals surface area contributed by atoms with Crippen LogP contribution in [0.1, 0.15) is 0 Å². The fraction of sp³-hybridized carbons (Fsp3) is 0.100. The molecule has 3 N–H and O–H groups in total. The van der Waals surface area contributed by atoms with Crippen LogP contribution in [0.5, 0.6) is 0 Å². The molecule has 3 heterocycles. The quantitative estimate of drug-likeness (QED) is 0.462. The molecule has 1 aromatic rings. The van der Waals surface area contributed by atoms with Crippen LogP contribution in [0.3, 0.4) is 0 Å². The first-order chi connectivity index (χ1) is 6.93. The Kier molecular flexibility index (Phi) is 1.54. The van der Waals surface area contributed by atoms with Crippen molar-refractivity contribution < 1.29 is 0 Å². The molecule has 14 heavy (non-hydrogen) atoms. The number of hydrazine groups is 1. The molecule has 0 bridgehead atoms. The lowest BCUT2D eigenvalue weighted by Crippen LogP contribution is -2.32. The SMILES string of the molecule is C1=c2cccnc2=CC2=C(N1)NNC2. The molecule has 4 heteroatoms. The maximum absolute atomic E-state index is 4.32. The van der Waals surface area contributed by atoms with Gasteiger partial charge in [0.1, 0.15) is 5.82 Å². The number of fused-ring (bicyclic) bond motifs is 1. The highest BCUT2D eigenvalue weighted by molar-refractivity contribution is 5.53. The average Bonchev–Trinajstić information content (AvgIpc) is 2.58. The largest absolute Gasteiger partial charge is 0.347 e. The van der Waals surface area contributed by atoms with Crippen LogP contribution in [-0.2, 0) is 0 Å². The summed E-state index contributed by atoms with van der Waals surface area (Å²) >= 11 is 0. The van der Waals surface area contributed by atoms with Crippen molar-refractivity contribution in [3.05, 3.63) is 40.3 Å². The van der Waals surface area contributed by atoms with E-state index in [1.54, 1.807) is 0 Å². The van der Waals surface area contributed by atoms with E-state index in [1.807, 2.05) is 24.5 Å². The molecule has 0 saturated carbocycles. The van der Waals surface area contributed by atoms with Gasteiger partial charge in [-0.3, -0.25) is 4.98 Å². The summed E-state index contributed by atoms with van der Waals surface area (Å²) < 4.78 is 0. The minimum absolute atomic E-state index is 0.826. The molecule has 2 aliphatic rings. The Hall–Kier alpha value is -1.81. The fourth-order valence-corrected chi connectivity index (χ4v) is 1.64. The third-order valence-corrected chi connectivity index (χ3v) is 2.37. The third-order valence-electron chi connectivity index (χ3n) is 2.37. The molecule has 0 amide bonds. The minimum atomic E-state index is 0.826. The number of pyridine rings is 1. The van der Waals surface area contributed by atoms with E-state index in [-0.39, 0.29) is 0 Å². The summed E-state index contributed by atoms with van der Waals surface area (Å²) in [5, 5.41) is 5.33. The molecule has 0 fully saturated rings. The molecule has 0 aromatic carbocycles. The van der Waals surface area contributed by atoms with Crippen LogP contribution in [0, 0.1) is 0 Å². The van der Waals surface area contributed by atoms with Crippen LogP contribution in [0.4, 0.5) is 0 Å². The second kappa shape index (κ2) is 2.85. The first kappa shape index (κ1) is 7.58. The highest BCUT2D eigenvalue weighted by atomic mass is 15.4. The zero-order chi connectivity index (χ0) is 9.38. The average molecular weight is 186 g/mol. The van der Waals surface area contributed by atoms with Gasteiger partial charge in [-0.25, -0.2) is 5.43 Å². The van der Waals surface area contributed by atoms with Gasteiger partial charge in [-0.15, -0.1) is 0 Å². The minimum Gasteiger partial charge on any atom is -0.347 e. The molecular weight excluding hydrogens is 176 g/mol. The van der Waals surface area contributed by atoms with E-state index in [9.17, 15) is 0 Å². The number of nitrogens with one attached hydrogen (secondary N) is 3. The van der Waals surface area contributed by atoms with E-state index in [4.69, 9.17) is 0 Å². The molecule has 0 aliphatic carbocycles. The van der Waals surface area contributed by atoms with Crippen LogP contribution in [0.25, 0.3) is 12.3 Å². The topological polar surface area (TPSA) is 49.0 Å². The molecule has 2 aliphatic heterocycles. The van der Waals surface area contributed by atoms with E-state index in [1.165, 1.54) is 5.57 Å². The maximum Gasteiger partial charge on any atom is 0.122 e. The van der Waals surface area contributed by atoms with Crippen LogP contribution in [-0.4, -0.2) is 11.5 Å². The predicted octanol–water partition coefficient (Wildman–Crippen LogP) is -1.48. The third kappa shape index (κ3) is 1.08. The molecular formula is C10H10N4. The van der Waals surface area contributed by atoms with Gasteiger partial charge in [0, 0.05) is 29.7 Å². The van der Waals surface area contributed by atoms with Gasteiger partial charge in [0.15, 0.2) is 0 Å². The second-order valence-corrected chi connectivity index (χ2v) is 3.29. The Morgan fingerprint density at radius 1 is 1.36 bits per heavy atom. The zero-order valence-electron chi connectivity index (χ0n) is 7.54. The fourth-order valence-electron chi connectivity index (χ4n) is 1.64. The number of hydrogen-bond donors (Lipinski definition) is 3. The van der Waals surface area contributed by atoms with Gasteiger partial charge in [0.05, 0.1) is 5.35 Å². The van der Waals surface area contributed by atoms with Crippen molar-refractivity contribution in [2.75, 3.05) is 6.54 Å². The van der Waals surface area contributed by atoms with Crippen LogP contribution in [0.15, 0.2) is 29.7 Å². The predicted molar refractivity (Wildman–Crippen MR) is 53.7 cm³/mol. The highest BCUT2D eigenvalue weighted by Gasteiger charge is 2.11. The maximum atomic E-state index is 4.32. The van der Waals surface area contributed by atoms with E-state index >= 15 is 0 Å². The molecule has 70 valence electrons. The Balaban J connectivity index is 2.26. The first-order valence-corrected chi connectivity index (χ1v) is 4.55. The summed E-state index contributed by atoms with van der Waals surface area (Å²) in [5.41, 5.74) is 7.33. The second-order valence-electron chi connectivity index (χ2n) is 3.29. The molecule has 0 saturated heterocycles. The van der Waals surface area contributed by atoms with E-state index in [2.05, 4.69) is 27.2 Å². The van der Waals surface area contributed by atoms with Crippen molar-refractivity contribution in [1.82, 2.24) is 21.2 Å². The molecule has 3 rings (SSSR count). The summed E-state index contributed by atoms with van der Waals surface area (Å²) in [6.07, 6.45) is 5.86. The molecule has 4 nitrogen and oxygen atoms in total. The molecule has 0 radical (unpaired) electrons. The molecule has 0 spiro atoms. The smallest absolute Gasteiger partial charge is 0.122 e. The van der Waals surface area contributed by atoms with E-state index in [0.29, 0.717) is 0 Å². The zero-order valence-corrected chi connectivity index (χ0v) is 7.54. The van der Waals surface area contributed by atoms with Crippen molar-refractivity contribution in [1.29, 1.82) is 0 Å². The Bertz CT molecular complexity index is 515. The Morgan fingerprint density at radius 3 is 3.36 bits per heavy atom. The lowest BCUT2D eigenvalue weighted by Gasteiger charge is -2.01. The molecule has 0 unspecified atom stereocenters. The van der Waals surface area contributed by atoms with Gasteiger partial charge in [-0.05, 0) is 18.2 Å². The number of nitrogens with zero attached hydrogens (tertiary/aromatic N) is 1. The number of hydrogen-bond acceptors (Lipinski definition) is 4. The van der Waals surface area contributed by atoms with Crippen molar-refractivity contribution in [3.63, 3.8) is 0 Å². The Morgan fingerprint density at radius 2 is 2.36 bits per heavy atom. The normalized spacial score (nSPS) is 18.0. The van der Waals surface area contributed by atoms with Gasteiger partial charge >= 0.3 is 0 Å². The van der Waals surface area contributed by atoms with E-state index < -0.39 is 0 Å². The van der Waals surface area contributed by atoms with Gasteiger partial charge in [0.25, 0.3) is 0 Å². The van der Waals surface area contributed by atoms with Gasteiger partial charge in [-0.2, -0.15) is 0 Å². The lowest BCUT2D eigenvalue weighted by atomic mass is 10.2. The summed E-state index contributed by atoms with van der Waals surface area (Å²) in [5.74, 6) is 1.02. The monoisotopic (exact) mass is 186 g/mol. The summed E-state index contributed by atoms with van der Waals surface area (Å²) in [6, 6.07) is 3.98.